The molecular weight excluding hydrogens is 348 g/mol. The maximum absolute atomic E-state index is 11.9. The van der Waals surface area contributed by atoms with Gasteiger partial charge in [0.15, 0.2) is 6.61 Å². The van der Waals surface area contributed by atoms with Gasteiger partial charge in [-0.2, -0.15) is 0 Å². The number of rotatable bonds is 11. The number of carbonyl (C=O) groups excluding carboxylic acids is 1. The van der Waals surface area contributed by atoms with Crippen LogP contribution in [0, 0.1) is 22.7 Å². The molecule has 0 amide bonds. The molecule has 0 bridgehead atoms. The second kappa shape index (κ2) is 11.7. The number of ether oxygens (including phenoxy) is 2. The zero-order chi connectivity index (χ0) is 21.2. The van der Waals surface area contributed by atoms with Crippen LogP contribution in [0.3, 0.4) is 0 Å². The lowest BCUT2D eigenvalue weighted by Crippen LogP contribution is -2.32. The summed E-state index contributed by atoms with van der Waals surface area (Å²) in [4.78, 5) is 11.9. The van der Waals surface area contributed by atoms with E-state index in [2.05, 4.69) is 60.6 Å². The summed E-state index contributed by atoms with van der Waals surface area (Å²) in [6.45, 7) is 16.6. The van der Waals surface area contributed by atoms with Crippen molar-refractivity contribution in [2.24, 2.45) is 22.7 Å². The summed E-state index contributed by atoms with van der Waals surface area (Å²) in [7, 11) is 0. The Labute approximate surface area is 174 Å². The van der Waals surface area contributed by atoms with Crippen LogP contribution in [0.1, 0.15) is 93.4 Å². The highest BCUT2D eigenvalue weighted by molar-refractivity contribution is 5.70. The van der Waals surface area contributed by atoms with Crippen molar-refractivity contribution in [2.75, 3.05) is 13.2 Å². The second-order valence-electron chi connectivity index (χ2n) is 10.5. The third kappa shape index (κ3) is 10.3. The van der Waals surface area contributed by atoms with Gasteiger partial charge in [0.25, 0.3) is 0 Å². The van der Waals surface area contributed by atoms with Crippen molar-refractivity contribution in [1.82, 2.24) is 0 Å². The summed E-state index contributed by atoms with van der Waals surface area (Å²) in [6.07, 6.45) is 14.4. The van der Waals surface area contributed by atoms with Crippen molar-refractivity contribution in [3.05, 3.63) is 24.0 Å². The molecular formula is C25H44O3. The molecule has 0 aliphatic heterocycles. The fourth-order valence-electron chi connectivity index (χ4n) is 3.89. The predicted octanol–water partition coefficient (Wildman–Crippen LogP) is 7.08. The number of allylic oxidation sites excluding steroid dienone is 3. The molecule has 0 spiro atoms. The first-order valence-corrected chi connectivity index (χ1v) is 11.2. The Balaban J connectivity index is 2.51. The van der Waals surface area contributed by atoms with E-state index in [4.69, 9.17) is 9.47 Å². The van der Waals surface area contributed by atoms with Gasteiger partial charge < -0.3 is 9.47 Å². The third-order valence-corrected chi connectivity index (χ3v) is 5.40. The topological polar surface area (TPSA) is 35.5 Å². The highest BCUT2D eigenvalue weighted by Crippen LogP contribution is 2.43. The number of hydrogen-bond acceptors (Lipinski definition) is 3. The lowest BCUT2D eigenvalue weighted by molar-refractivity contribution is -0.147. The van der Waals surface area contributed by atoms with Gasteiger partial charge in [0, 0.05) is 0 Å². The van der Waals surface area contributed by atoms with E-state index in [1.165, 1.54) is 25.7 Å². The van der Waals surface area contributed by atoms with Crippen molar-refractivity contribution in [3.63, 3.8) is 0 Å². The van der Waals surface area contributed by atoms with Crippen LogP contribution in [0.15, 0.2) is 24.0 Å². The zero-order valence-corrected chi connectivity index (χ0v) is 19.5. The van der Waals surface area contributed by atoms with Crippen LogP contribution in [0.5, 0.6) is 0 Å². The van der Waals surface area contributed by atoms with Crippen LogP contribution in [0.4, 0.5) is 0 Å². The molecule has 0 aromatic carbocycles. The van der Waals surface area contributed by atoms with Crippen LogP contribution < -0.4 is 0 Å². The summed E-state index contributed by atoms with van der Waals surface area (Å²) in [5.41, 5.74) is 0.510. The van der Waals surface area contributed by atoms with Crippen molar-refractivity contribution in [2.45, 2.75) is 93.4 Å². The quantitative estimate of drug-likeness (QED) is 0.278. The Kier molecular flexibility index (Phi) is 10.3. The normalized spacial score (nSPS) is 18.5. The second-order valence-corrected chi connectivity index (χ2v) is 10.5. The first-order valence-electron chi connectivity index (χ1n) is 11.2. The molecule has 28 heavy (non-hydrogen) atoms. The number of carbonyl (C=O) groups is 1. The van der Waals surface area contributed by atoms with Crippen molar-refractivity contribution in [3.8, 4) is 0 Å². The molecule has 2 atom stereocenters. The molecule has 1 rings (SSSR count). The Bertz CT molecular complexity index is 517. The van der Waals surface area contributed by atoms with E-state index in [1.807, 2.05) is 6.08 Å². The lowest BCUT2D eigenvalue weighted by atomic mass is 9.65. The maximum atomic E-state index is 11.9. The van der Waals surface area contributed by atoms with Crippen LogP contribution in [0.25, 0.3) is 0 Å². The van der Waals surface area contributed by atoms with Gasteiger partial charge in [-0.15, -0.1) is 0 Å². The summed E-state index contributed by atoms with van der Waals surface area (Å²) < 4.78 is 11.1. The smallest absolute Gasteiger partial charge is 0.344 e. The van der Waals surface area contributed by atoms with Crippen molar-refractivity contribution >= 4 is 5.97 Å². The van der Waals surface area contributed by atoms with Crippen LogP contribution in [-0.2, 0) is 14.3 Å². The Morgan fingerprint density at radius 2 is 1.79 bits per heavy atom. The van der Waals surface area contributed by atoms with E-state index in [0.717, 1.165) is 25.0 Å². The van der Waals surface area contributed by atoms with Crippen LogP contribution >= 0.6 is 0 Å². The molecule has 0 saturated heterocycles. The Hall–Kier alpha value is -1.25. The maximum Gasteiger partial charge on any atom is 0.344 e. The van der Waals surface area contributed by atoms with E-state index in [1.54, 1.807) is 0 Å². The molecule has 0 aromatic rings. The standard InChI is InChI=1S/C25H44O3/c1-8-9-10-11-12-16-27-23(26)19-28-21-15-13-14-20(17-21)22(25(5,6)7)18-24(2,3)4/h13,15,17,20,22H,8-12,14,16,18-19H2,1-7H3. The third-order valence-electron chi connectivity index (χ3n) is 5.40. The van der Waals surface area contributed by atoms with E-state index in [9.17, 15) is 4.79 Å². The van der Waals surface area contributed by atoms with E-state index < -0.39 is 0 Å². The molecule has 0 radical (unpaired) electrons. The van der Waals surface area contributed by atoms with Gasteiger partial charge in [-0.3, -0.25) is 0 Å². The van der Waals surface area contributed by atoms with Crippen LogP contribution in [-0.4, -0.2) is 19.2 Å². The average molecular weight is 393 g/mol. The summed E-state index contributed by atoms with van der Waals surface area (Å²) in [6, 6.07) is 0. The molecule has 1 aliphatic rings. The number of esters is 1. The fraction of sp³-hybridized carbons (Fsp3) is 0.800. The monoisotopic (exact) mass is 392 g/mol. The van der Waals surface area contributed by atoms with E-state index in [0.29, 0.717) is 18.4 Å². The zero-order valence-electron chi connectivity index (χ0n) is 19.5. The summed E-state index contributed by atoms with van der Waals surface area (Å²) in [5.74, 6) is 1.54. The molecule has 0 N–H and O–H groups in total. The fourth-order valence-corrected chi connectivity index (χ4v) is 3.89. The molecule has 3 heteroatoms. The van der Waals surface area contributed by atoms with Gasteiger partial charge >= 0.3 is 5.97 Å². The minimum Gasteiger partial charge on any atom is -0.482 e. The molecule has 0 saturated carbocycles. The predicted molar refractivity (Wildman–Crippen MR) is 118 cm³/mol. The number of hydrogen-bond donors (Lipinski definition) is 0. The molecule has 0 aromatic heterocycles. The average Bonchev–Trinajstić information content (AvgIpc) is 2.59. The SMILES string of the molecule is CCCCCCCOC(=O)COC1=CC(C(CC(C)(C)C)C(C)(C)C)CC=C1. The first kappa shape index (κ1) is 24.8. The summed E-state index contributed by atoms with van der Waals surface area (Å²) >= 11 is 0. The molecule has 0 heterocycles. The molecule has 0 fully saturated rings. The van der Waals surface area contributed by atoms with Gasteiger partial charge in [0.05, 0.1) is 6.61 Å². The van der Waals surface area contributed by atoms with Crippen LogP contribution in [0.2, 0.25) is 0 Å². The Morgan fingerprint density at radius 3 is 2.39 bits per heavy atom. The molecule has 162 valence electrons. The molecule has 1 aliphatic carbocycles. The lowest BCUT2D eigenvalue weighted by Gasteiger charge is -2.40. The minimum absolute atomic E-state index is 0.00267. The van der Waals surface area contributed by atoms with Crippen molar-refractivity contribution in [1.29, 1.82) is 0 Å². The number of unbranched alkanes of at least 4 members (excludes halogenated alkanes) is 4. The van der Waals surface area contributed by atoms with E-state index >= 15 is 0 Å². The van der Waals surface area contributed by atoms with Crippen molar-refractivity contribution < 1.29 is 14.3 Å². The molecule has 2 unspecified atom stereocenters. The minimum atomic E-state index is -0.269. The van der Waals surface area contributed by atoms with Gasteiger partial charge in [0.2, 0.25) is 0 Å². The highest BCUT2D eigenvalue weighted by Gasteiger charge is 2.34. The van der Waals surface area contributed by atoms with Gasteiger partial charge in [0.1, 0.15) is 5.76 Å². The first-order chi connectivity index (χ1) is 13.0. The molecule has 3 nitrogen and oxygen atoms in total. The van der Waals surface area contributed by atoms with E-state index in [-0.39, 0.29) is 23.4 Å². The van der Waals surface area contributed by atoms with Gasteiger partial charge in [-0.25, -0.2) is 4.79 Å². The van der Waals surface area contributed by atoms with Gasteiger partial charge in [-0.1, -0.05) is 80.2 Å². The summed E-state index contributed by atoms with van der Waals surface area (Å²) in [5, 5.41) is 0. The Morgan fingerprint density at radius 1 is 1.11 bits per heavy atom. The van der Waals surface area contributed by atoms with Gasteiger partial charge in [-0.05, 0) is 54.1 Å². The largest absolute Gasteiger partial charge is 0.482 e. The highest BCUT2D eigenvalue weighted by atomic mass is 16.6.